The van der Waals surface area contributed by atoms with Gasteiger partial charge in [-0.05, 0) is 24.3 Å². The number of hydrogen-bond acceptors (Lipinski definition) is 6. The van der Waals surface area contributed by atoms with E-state index in [4.69, 9.17) is 14.2 Å². The summed E-state index contributed by atoms with van der Waals surface area (Å²) in [4.78, 5) is 25.1. The van der Waals surface area contributed by atoms with Crippen LogP contribution in [-0.4, -0.2) is 73.2 Å². The fourth-order valence-corrected chi connectivity index (χ4v) is 3.68. The molecule has 0 atom stereocenters. The summed E-state index contributed by atoms with van der Waals surface area (Å²) in [7, 11) is 4.81. The third kappa shape index (κ3) is 4.18. The zero-order valence-corrected chi connectivity index (χ0v) is 17.5. The molecule has 8 nitrogen and oxygen atoms in total. The summed E-state index contributed by atoms with van der Waals surface area (Å²) < 4.78 is 15.8. The van der Waals surface area contributed by atoms with Crippen LogP contribution in [0.1, 0.15) is 16.2 Å². The lowest BCUT2D eigenvalue weighted by Crippen LogP contribution is -2.48. The lowest BCUT2D eigenvalue weighted by atomic mass is 10.1. The van der Waals surface area contributed by atoms with Crippen molar-refractivity contribution < 1.29 is 19.0 Å². The predicted molar refractivity (Wildman–Crippen MR) is 113 cm³/mol. The van der Waals surface area contributed by atoms with Crippen molar-refractivity contribution in [1.29, 1.82) is 0 Å². The van der Waals surface area contributed by atoms with E-state index < -0.39 is 0 Å². The second-order valence-corrected chi connectivity index (χ2v) is 7.24. The average molecular weight is 410 g/mol. The summed E-state index contributed by atoms with van der Waals surface area (Å²) in [6.07, 6.45) is 0. The smallest absolute Gasteiger partial charge is 0.254 e. The number of nitrogens with zero attached hydrogens (tertiary/aromatic N) is 3. The molecule has 1 amide bonds. The number of aromatic amines is 1. The van der Waals surface area contributed by atoms with Gasteiger partial charge in [-0.25, -0.2) is 4.98 Å². The molecule has 0 bridgehead atoms. The van der Waals surface area contributed by atoms with Gasteiger partial charge in [0.25, 0.3) is 5.91 Å². The second kappa shape index (κ2) is 8.62. The van der Waals surface area contributed by atoms with Gasteiger partial charge in [0.1, 0.15) is 23.1 Å². The van der Waals surface area contributed by atoms with Crippen LogP contribution < -0.4 is 14.2 Å². The third-order valence-electron chi connectivity index (χ3n) is 5.37. The number of nitrogens with one attached hydrogen (secondary N) is 1. The van der Waals surface area contributed by atoms with Crippen molar-refractivity contribution in [2.75, 3.05) is 47.5 Å². The van der Waals surface area contributed by atoms with Crippen LogP contribution in [0.3, 0.4) is 0 Å². The number of ether oxygens (including phenoxy) is 3. The van der Waals surface area contributed by atoms with E-state index in [-0.39, 0.29) is 5.91 Å². The Morgan fingerprint density at radius 1 is 0.933 bits per heavy atom. The molecule has 1 saturated heterocycles. The number of carbonyl (C=O) groups excluding carboxylic acids is 1. The highest BCUT2D eigenvalue weighted by Crippen LogP contribution is 2.24. The summed E-state index contributed by atoms with van der Waals surface area (Å²) in [6, 6.07) is 11.1. The molecule has 1 fully saturated rings. The first-order valence-corrected chi connectivity index (χ1v) is 9.87. The molecule has 4 rings (SSSR count). The van der Waals surface area contributed by atoms with Crippen LogP contribution in [0.4, 0.5) is 0 Å². The lowest BCUT2D eigenvalue weighted by molar-refractivity contribution is 0.0625. The Kier molecular flexibility index (Phi) is 5.76. The maximum absolute atomic E-state index is 12.9. The fraction of sp³-hybridized carbons (Fsp3) is 0.364. The molecule has 1 aliphatic rings. The number of piperazine rings is 1. The SMILES string of the molecule is COc1cc(OC)cc(C(=O)N2CCN(Cc3nc4ccc(OC)cc4[nH]3)CC2)c1. The number of amides is 1. The summed E-state index contributed by atoms with van der Waals surface area (Å²) in [5.41, 5.74) is 2.46. The first-order valence-electron chi connectivity index (χ1n) is 9.87. The molecule has 0 saturated carbocycles. The zero-order chi connectivity index (χ0) is 21.1. The molecule has 0 radical (unpaired) electrons. The molecule has 1 aliphatic heterocycles. The van der Waals surface area contributed by atoms with Crippen molar-refractivity contribution in [2.45, 2.75) is 6.54 Å². The van der Waals surface area contributed by atoms with Gasteiger partial charge in [0.2, 0.25) is 0 Å². The number of rotatable bonds is 6. The van der Waals surface area contributed by atoms with Crippen molar-refractivity contribution in [1.82, 2.24) is 19.8 Å². The van der Waals surface area contributed by atoms with Crippen molar-refractivity contribution in [3.63, 3.8) is 0 Å². The second-order valence-electron chi connectivity index (χ2n) is 7.24. The molecule has 1 N–H and O–H groups in total. The van der Waals surface area contributed by atoms with E-state index >= 15 is 0 Å². The van der Waals surface area contributed by atoms with Gasteiger partial charge >= 0.3 is 0 Å². The van der Waals surface area contributed by atoms with Gasteiger partial charge in [-0.1, -0.05) is 0 Å². The minimum absolute atomic E-state index is 0.0114. The van der Waals surface area contributed by atoms with Gasteiger partial charge in [-0.2, -0.15) is 0 Å². The third-order valence-corrected chi connectivity index (χ3v) is 5.37. The zero-order valence-electron chi connectivity index (χ0n) is 17.5. The summed E-state index contributed by atoms with van der Waals surface area (Å²) in [5.74, 6) is 2.92. The van der Waals surface area contributed by atoms with Crippen LogP contribution in [0.15, 0.2) is 36.4 Å². The Balaban J connectivity index is 1.38. The molecule has 1 aromatic heterocycles. The molecule has 2 heterocycles. The maximum Gasteiger partial charge on any atom is 0.254 e. The number of methoxy groups -OCH3 is 3. The van der Waals surface area contributed by atoms with E-state index in [1.165, 1.54) is 0 Å². The Labute approximate surface area is 175 Å². The fourth-order valence-electron chi connectivity index (χ4n) is 3.68. The first kappa shape index (κ1) is 20.0. The standard InChI is InChI=1S/C22H26N4O4/c1-28-16-4-5-19-20(13-16)24-21(23-19)14-25-6-8-26(9-7-25)22(27)15-10-17(29-2)12-18(11-15)30-3/h4-5,10-13H,6-9,14H2,1-3H3,(H,23,24). The van der Waals surface area contributed by atoms with Crippen LogP contribution in [-0.2, 0) is 6.54 Å². The van der Waals surface area contributed by atoms with Gasteiger partial charge < -0.3 is 24.1 Å². The highest BCUT2D eigenvalue weighted by atomic mass is 16.5. The molecule has 8 heteroatoms. The van der Waals surface area contributed by atoms with Crippen LogP contribution in [0.5, 0.6) is 17.2 Å². The molecular formula is C22H26N4O4. The van der Waals surface area contributed by atoms with Crippen molar-refractivity contribution in [2.24, 2.45) is 0 Å². The topological polar surface area (TPSA) is 79.9 Å². The highest BCUT2D eigenvalue weighted by Gasteiger charge is 2.23. The normalized spacial score (nSPS) is 14.7. The summed E-state index contributed by atoms with van der Waals surface area (Å²) in [5, 5.41) is 0. The van der Waals surface area contributed by atoms with E-state index in [9.17, 15) is 4.79 Å². The van der Waals surface area contributed by atoms with Gasteiger partial charge in [-0.3, -0.25) is 9.69 Å². The minimum atomic E-state index is -0.0114. The Bertz CT molecular complexity index is 1020. The van der Waals surface area contributed by atoms with Crippen LogP contribution in [0.25, 0.3) is 11.0 Å². The molecule has 30 heavy (non-hydrogen) atoms. The molecule has 0 spiro atoms. The number of carbonyl (C=O) groups is 1. The quantitative estimate of drug-likeness (QED) is 0.673. The number of hydrogen-bond donors (Lipinski definition) is 1. The van der Waals surface area contributed by atoms with Gasteiger partial charge in [0.15, 0.2) is 0 Å². The average Bonchev–Trinajstić information content (AvgIpc) is 3.19. The van der Waals surface area contributed by atoms with E-state index in [1.54, 1.807) is 39.5 Å². The molecule has 0 unspecified atom stereocenters. The Morgan fingerprint density at radius 3 is 2.23 bits per heavy atom. The number of imidazole rings is 1. The molecule has 158 valence electrons. The number of benzene rings is 2. The van der Waals surface area contributed by atoms with E-state index in [0.717, 1.165) is 35.7 Å². The summed E-state index contributed by atoms with van der Waals surface area (Å²) >= 11 is 0. The van der Waals surface area contributed by atoms with E-state index in [0.29, 0.717) is 36.7 Å². The van der Waals surface area contributed by atoms with Crippen molar-refractivity contribution in [3.8, 4) is 17.2 Å². The molecule has 2 aromatic carbocycles. The van der Waals surface area contributed by atoms with Crippen LogP contribution >= 0.6 is 0 Å². The predicted octanol–water partition coefficient (Wildman–Crippen LogP) is 2.55. The maximum atomic E-state index is 12.9. The Hall–Kier alpha value is -3.26. The molecular weight excluding hydrogens is 384 g/mol. The van der Waals surface area contributed by atoms with Crippen molar-refractivity contribution in [3.05, 3.63) is 47.8 Å². The highest BCUT2D eigenvalue weighted by molar-refractivity contribution is 5.95. The van der Waals surface area contributed by atoms with Crippen LogP contribution in [0, 0.1) is 0 Å². The Morgan fingerprint density at radius 2 is 1.60 bits per heavy atom. The summed E-state index contributed by atoms with van der Waals surface area (Å²) in [6.45, 7) is 3.60. The van der Waals surface area contributed by atoms with Gasteiger partial charge in [0.05, 0.1) is 38.9 Å². The molecule has 0 aliphatic carbocycles. The van der Waals surface area contributed by atoms with Crippen molar-refractivity contribution >= 4 is 16.9 Å². The minimum Gasteiger partial charge on any atom is -0.497 e. The van der Waals surface area contributed by atoms with Crippen LogP contribution in [0.2, 0.25) is 0 Å². The lowest BCUT2D eigenvalue weighted by Gasteiger charge is -2.34. The van der Waals surface area contributed by atoms with Gasteiger partial charge in [-0.15, -0.1) is 0 Å². The van der Waals surface area contributed by atoms with Gasteiger partial charge in [0, 0.05) is 43.9 Å². The largest absolute Gasteiger partial charge is 0.497 e. The monoisotopic (exact) mass is 410 g/mol. The first-order chi connectivity index (χ1) is 14.6. The number of H-pyrrole nitrogens is 1. The number of aromatic nitrogens is 2. The number of fused-ring (bicyclic) bond motifs is 1. The van der Waals surface area contributed by atoms with E-state index in [1.807, 2.05) is 23.1 Å². The van der Waals surface area contributed by atoms with E-state index in [2.05, 4.69) is 14.9 Å². The molecule has 3 aromatic rings.